The van der Waals surface area contributed by atoms with Gasteiger partial charge in [-0.1, -0.05) is 6.07 Å². The molecule has 0 bridgehead atoms. The van der Waals surface area contributed by atoms with Crippen LogP contribution in [-0.4, -0.2) is 30.3 Å². The Hall–Kier alpha value is -1.04. The van der Waals surface area contributed by atoms with Crippen molar-refractivity contribution in [3.63, 3.8) is 0 Å². The fraction of sp³-hybridized carbons (Fsp3) is 0.364. The number of carbonyl (C=O) groups is 1. The first-order chi connectivity index (χ1) is 7.69. The molecule has 2 rings (SSSR count). The first-order valence-electron chi connectivity index (χ1n) is 5.13. The molecular formula is C11H15N3OS. The van der Waals surface area contributed by atoms with Crippen molar-refractivity contribution in [1.29, 1.82) is 0 Å². The van der Waals surface area contributed by atoms with Crippen LogP contribution >= 0.6 is 11.8 Å². The molecular weight excluding hydrogens is 222 g/mol. The van der Waals surface area contributed by atoms with Gasteiger partial charge in [0.15, 0.2) is 0 Å². The smallest absolute Gasteiger partial charge is 0.234 e. The van der Waals surface area contributed by atoms with Crippen molar-refractivity contribution in [2.45, 2.75) is 11.4 Å². The summed E-state index contributed by atoms with van der Waals surface area (Å²) in [6.07, 6.45) is 0. The number of thioether (sulfide) groups is 1. The van der Waals surface area contributed by atoms with E-state index in [2.05, 4.69) is 17.4 Å². The molecule has 0 saturated carbocycles. The predicted molar refractivity (Wildman–Crippen MR) is 66.3 cm³/mol. The van der Waals surface area contributed by atoms with Crippen LogP contribution in [0.3, 0.4) is 0 Å². The molecule has 0 radical (unpaired) electrons. The third-order valence-electron chi connectivity index (χ3n) is 2.44. The van der Waals surface area contributed by atoms with E-state index in [0.29, 0.717) is 12.4 Å². The number of benzene rings is 1. The van der Waals surface area contributed by atoms with Gasteiger partial charge < -0.3 is 11.1 Å². The minimum absolute atomic E-state index is 0.0711. The van der Waals surface area contributed by atoms with Crippen LogP contribution in [-0.2, 0) is 11.3 Å². The Kier molecular flexibility index (Phi) is 3.48. The van der Waals surface area contributed by atoms with Gasteiger partial charge in [0.2, 0.25) is 5.91 Å². The lowest BCUT2D eigenvalue weighted by Gasteiger charge is -2.19. The summed E-state index contributed by atoms with van der Waals surface area (Å²) >= 11 is 1.58. The average Bonchev–Trinajstić information content (AvgIpc) is 2.28. The first kappa shape index (κ1) is 11.4. The zero-order chi connectivity index (χ0) is 11.5. The second kappa shape index (κ2) is 4.86. The van der Waals surface area contributed by atoms with Gasteiger partial charge in [0.25, 0.3) is 0 Å². The van der Waals surface area contributed by atoms with Gasteiger partial charge in [0, 0.05) is 18.1 Å². The Balaban J connectivity index is 2.18. The lowest BCUT2D eigenvalue weighted by Crippen LogP contribution is -2.25. The molecule has 0 atom stereocenters. The van der Waals surface area contributed by atoms with Crippen LogP contribution in [0.2, 0.25) is 0 Å². The number of hydrogen-bond acceptors (Lipinski definition) is 4. The highest BCUT2D eigenvalue weighted by molar-refractivity contribution is 8.00. The summed E-state index contributed by atoms with van der Waals surface area (Å²) in [6, 6.07) is 6.15. The Morgan fingerprint density at radius 1 is 1.56 bits per heavy atom. The molecule has 0 aromatic heterocycles. The fourth-order valence-electron chi connectivity index (χ4n) is 1.60. The summed E-state index contributed by atoms with van der Waals surface area (Å²) in [7, 11) is 1.97. The van der Waals surface area contributed by atoms with Gasteiger partial charge in [-0.15, -0.1) is 11.8 Å². The van der Waals surface area contributed by atoms with E-state index >= 15 is 0 Å². The summed E-state index contributed by atoms with van der Waals surface area (Å²) in [5.41, 5.74) is 7.61. The van der Waals surface area contributed by atoms with Crippen LogP contribution in [0.1, 0.15) is 5.56 Å². The van der Waals surface area contributed by atoms with E-state index in [9.17, 15) is 4.79 Å². The molecule has 0 saturated heterocycles. The molecule has 0 spiro atoms. The van der Waals surface area contributed by atoms with Crippen molar-refractivity contribution in [2.24, 2.45) is 5.73 Å². The number of carbonyl (C=O) groups excluding carboxylic acids is 1. The standard InChI is InChI=1S/C11H15N3OS/c1-14(7-12)5-8-2-3-10-9(4-8)13-11(15)6-16-10/h2-4H,5-7,12H2,1H3,(H,13,15). The molecule has 1 aliphatic rings. The minimum Gasteiger partial charge on any atom is -0.324 e. The molecule has 1 heterocycles. The summed E-state index contributed by atoms with van der Waals surface area (Å²) in [4.78, 5) is 14.4. The number of anilines is 1. The Labute approximate surface area is 99.2 Å². The maximum absolute atomic E-state index is 11.3. The first-order valence-corrected chi connectivity index (χ1v) is 6.12. The highest BCUT2D eigenvalue weighted by atomic mass is 32.2. The Morgan fingerprint density at radius 2 is 2.38 bits per heavy atom. The highest BCUT2D eigenvalue weighted by Gasteiger charge is 2.15. The molecule has 1 aliphatic heterocycles. The second-order valence-electron chi connectivity index (χ2n) is 3.86. The van der Waals surface area contributed by atoms with E-state index in [-0.39, 0.29) is 5.91 Å². The number of fused-ring (bicyclic) bond motifs is 1. The molecule has 0 fully saturated rings. The fourth-order valence-corrected chi connectivity index (χ4v) is 2.39. The summed E-state index contributed by atoms with van der Waals surface area (Å²) in [6.45, 7) is 1.32. The summed E-state index contributed by atoms with van der Waals surface area (Å²) in [5.74, 6) is 0.580. The molecule has 0 aliphatic carbocycles. The molecule has 0 unspecified atom stereocenters. The zero-order valence-corrected chi connectivity index (χ0v) is 10.0. The van der Waals surface area contributed by atoms with Gasteiger partial charge in [-0.3, -0.25) is 9.69 Å². The van der Waals surface area contributed by atoms with Gasteiger partial charge >= 0.3 is 0 Å². The van der Waals surface area contributed by atoms with Gasteiger partial charge in [-0.05, 0) is 24.7 Å². The van der Waals surface area contributed by atoms with Crippen molar-refractivity contribution < 1.29 is 4.79 Å². The molecule has 86 valence electrons. The van der Waals surface area contributed by atoms with Crippen LogP contribution in [0.15, 0.2) is 23.1 Å². The van der Waals surface area contributed by atoms with Gasteiger partial charge in [0.1, 0.15) is 0 Å². The van der Waals surface area contributed by atoms with E-state index in [1.165, 1.54) is 0 Å². The van der Waals surface area contributed by atoms with Gasteiger partial charge in [0.05, 0.1) is 11.4 Å². The monoisotopic (exact) mass is 237 g/mol. The minimum atomic E-state index is 0.0711. The lowest BCUT2D eigenvalue weighted by atomic mass is 10.2. The Bertz CT molecular complexity index is 408. The van der Waals surface area contributed by atoms with E-state index in [4.69, 9.17) is 5.73 Å². The SMILES string of the molecule is CN(CN)Cc1ccc2c(c1)NC(=O)CS2. The molecule has 16 heavy (non-hydrogen) atoms. The van der Waals surface area contributed by atoms with Crippen molar-refractivity contribution in [3.05, 3.63) is 23.8 Å². The molecule has 3 N–H and O–H groups in total. The van der Waals surface area contributed by atoms with Gasteiger partial charge in [-0.2, -0.15) is 0 Å². The van der Waals surface area contributed by atoms with Crippen LogP contribution in [0.4, 0.5) is 5.69 Å². The third kappa shape index (κ3) is 2.55. The van der Waals surface area contributed by atoms with E-state index in [0.717, 1.165) is 22.7 Å². The third-order valence-corrected chi connectivity index (χ3v) is 3.51. The second-order valence-corrected chi connectivity index (χ2v) is 4.88. The number of nitrogens with two attached hydrogens (primary N) is 1. The number of hydrogen-bond donors (Lipinski definition) is 2. The molecule has 1 aromatic carbocycles. The number of amides is 1. The van der Waals surface area contributed by atoms with Crippen molar-refractivity contribution in [1.82, 2.24) is 4.90 Å². The Morgan fingerprint density at radius 3 is 3.12 bits per heavy atom. The van der Waals surface area contributed by atoms with Crippen LogP contribution in [0.25, 0.3) is 0 Å². The van der Waals surface area contributed by atoms with Crippen LogP contribution in [0, 0.1) is 0 Å². The normalized spacial score (nSPS) is 14.8. The van der Waals surface area contributed by atoms with Crippen molar-refractivity contribution in [2.75, 3.05) is 24.8 Å². The number of rotatable bonds is 3. The highest BCUT2D eigenvalue weighted by Crippen LogP contribution is 2.32. The summed E-state index contributed by atoms with van der Waals surface area (Å²) < 4.78 is 0. The molecule has 1 amide bonds. The summed E-state index contributed by atoms with van der Waals surface area (Å²) in [5, 5.41) is 2.88. The number of nitrogens with one attached hydrogen (secondary N) is 1. The zero-order valence-electron chi connectivity index (χ0n) is 9.19. The molecule has 1 aromatic rings. The van der Waals surface area contributed by atoms with E-state index < -0.39 is 0 Å². The number of nitrogens with zero attached hydrogens (tertiary/aromatic N) is 1. The quantitative estimate of drug-likeness (QED) is 0.772. The van der Waals surface area contributed by atoms with Crippen LogP contribution in [0.5, 0.6) is 0 Å². The van der Waals surface area contributed by atoms with Gasteiger partial charge in [-0.25, -0.2) is 0 Å². The van der Waals surface area contributed by atoms with E-state index in [1.54, 1.807) is 11.8 Å². The average molecular weight is 237 g/mol. The maximum atomic E-state index is 11.3. The lowest BCUT2D eigenvalue weighted by molar-refractivity contribution is -0.113. The van der Waals surface area contributed by atoms with E-state index in [1.807, 2.05) is 18.0 Å². The molecule has 5 heteroatoms. The molecule has 4 nitrogen and oxygen atoms in total. The van der Waals surface area contributed by atoms with Crippen LogP contribution < -0.4 is 11.1 Å². The van der Waals surface area contributed by atoms with Crippen molar-refractivity contribution in [3.8, 4) is 0 Å². The maximum Gasteiger partial charge on any atom is 0.234 e. The largest absolute Gasteiger partial charge is 0.324 e. The predicted octanol–water partition coefficient (Wildman–Crippen LogP) is 1.08. The van der Waals surface area contributed by atoms with Crippen molar-refractivity contribution >= 4 is 23.4 Å². The topological polar surface area (TPSA) is 58.4 Å².